The maximum atomic E-state index is 14.0. The van der Waals surface area contributed by atoms with Gasteiger partial charge in [-0.1, -0.05) is 60.5 Å². The van der Waals surface area contributed by atoms with Crippen LogP contribution in [0.3, 0.4) is 0 Å². The molecule has 2 amide bonds. The first-order valence-electron chi connectivity index (χ1n) is 12.9. The van der Waals surface area contributed by atoms with Gasteiger partial charge in [-0.15, -0.1) is 0 Å². The molecule has 0 aliphatic carbocycles. The summed E-state index contributed by atoms with van der Waals surface area (Å²) in [6, 6.07) is 19.5. The summed E-state index contributed by atoms with van der Waals surface area (Å²) < 4.78 is 28.7. The Labute approximate surface area is 236 Å². The van der Waals surface area contributed by atoms with Gasteiger partial charge in [0, 0.05) is 17.6 Å². The number of nitrogens with zero attached hydrogens (tertiary/aromatic N) is 2. The maximum absolute atomic E-state index is 14.0. The Morgan fingerprint density at radius 1 is 0.923 bits per heavy atom. The summed E-state index contributed by atoms with van der Waals surface area (Å²) in [5.41, 5.74) is 3.13. The van der Waals surface area contributed by atoms with Gasteiger partial charge >= 0.3 is 0 Å². The Balaban J connectivity index is 2.03. The van der Waals surface area contributed by atoms with Crippen molar-refractivity contribution in [1.29, 1.82) is 0 Å². The van der Waals surface area contributed by atoms with Crippen LogP contribution < -0.4 is 9.62 Å². The smallest absolute Gasteiger partial charge is 0.264 e. The van der Waals surface area contributed by atoms with E-state index in [1.54, 1.807) is 31.2 Å². The van der Waals surface area contributed by atoms with Gasteiger partial charge in [-0.2, -0.15) is 0 Å². The van der Waals surface area contributed by atoms with Gasteiger partial charge in [0.25, 0.3) is 10.0 Å². The quantitative estimate of drug-likeness (QED) is 0.331. The zero-order valence-corrected chi connectivity index (χ0v) is 24.6. The van der Waals surface area contributed by atoms with E-state index < -0.39 is 28.5 Å². The Morgan fingerprint density at radius 2 is 1.54 bits per heavy atom. The zero-order chi connectivity index (χ0) is 28.7. The number of benzene rings is 3. The predicted molar refractivity (Wildman–Crippen MR) is 156 cm³/mol. The van der Waals surface area contributed by atoms with Crippen LogP contribution in [0.1, 0.15) is 43.9 Å². The van der Waals surface area contributed by atoms with Gasteiger partial charge in [-0.3, -0.25) is 13.9 Å². The number of anilines is 1. The van der Waals surface area contributed by atoms with E-state index in [4.69, 9.17) is 11.6 Å². The largest absolute Gasteiger partial charge is 0.352 e. The zero-order valence-electron chi connectivity index (χ0n) is 23.0. The van der Waals surface area contributed by atoms with Crippen LogP contribution in [0.25, 0.3) is 0 Å². The summed E-state index contributed by atoms with van der Waals surface area (Å²) in [6.07, 6.45) is 0.741. The highest BCUT2D eigenvalue weighted by Crippen LogP contribution is 2.26. The molecule has 0 spiro atoms. The van der Waals surface area contributed by atoms with Gasteiger partial charge in [0.1, 0.15) is 12.6 Å². The van der Waals surface area contributed by atoms with Crippen molar-refractivity contribution in [3.8, 4) is 0 Å². The van der Waals surface area contributed by atoms with Crippen LogP contribution in [0.5, 0.6) is 0 Å². The number of sulfonamides is 1. The van der Waals surface area contributed by atoms with E-state index in [9.17, 15) is 18.0 Å². The second-order valence-electron chi connectivity index (χ2n) is 9.74. The predicted octanol–water partition coefficient (Wildman–Crippen LogP) is 5.48. The maximum Gasteiger partial charge on any atom is 0.264 e. The number of rotatable bonds is 11. The van der Waals surface area contributed by atoms with Gasteiger partial charge in [0.05, 0.1) is 10.6 Å². The van der Waals surface area contributed by atoms with Gasteiger partial charge in [0.2, 0.25) is 11.8 Å². The molecule has 3 aromatic rings. The lowest BCUT2D eigenvalue weighted by atomic mass is 10.1. The number of aryl methyl sites for hydroxylation is 2. The van der Waals surface area contributed by atoms with Crippen LogP contribution >= 0.6 is 11.6 Å². The number of nitrogens with one attached hydrogen (secondary N) is 1. The van der Waals surface area contributed by atoms with E-state index in [0.29, 0.717) is 10.7 Å². The summed E-state index contributed by atoms with van der Waals surface area (Å²) in [4.78, 5) is 28.5. The molecule has 0 bridgehead atoms. The van der Waals surface area contributed by atoms with Crippen molar-refractivity contribution in [1.82, 2.24) is 10.2 Å². The molecular formula is C30H36ClN3O4S. The first kappa shape index (κ1) is 30.2. The van der Waals surface area contributed by atoms with Gasteiger partial charge in [0.15, 0.2) is 0 Å². The van der Waals surface area contributed by atoms with Crippen molar-refractivity contribution < 1.29 is 18.0 Å². The molecule has 1 N–H and O–H groups in total. The molecule has 39 heavy (non-hydrogen) atoms. The third kappa shape index (κ3) is 7.61. The van der Waals surface area contributed by atoms with Crippen LogP contribution in [0.2, 0.25) is 5.02 Å². The van der Waals surface area contributed by atoms with Crippen LogP contribution in [0.4, 0.5) is 5.69 Å². The topological polar surface area (TPSA) is 86.8 Å². The Morgan fingerprint density at radius 3 is 2.13 bits per heavy atom. The van der Waals surface area contributed by atoms with Crippen molar-refractivity contribution in [3.63, 3.8) is 0 Å². The highest BCUT2D eigenvalue weighted by Gasteiger charge is 2.33. The van der Waals surface area contributed by atoms with E-state index in [2.05, 4.69) is 5.32 Å². The molecule has 7 nitrogen and oxygen atoms in total. The molecule has 0 heterocycles. The van der Waals surface area contributed by atoms with E-state index in [1.807, 2.05) is 52.0 Å². The fourth-order valence-electron chi connectivity index (χ4n) is 3.99. The summed E-state index contributed by atoms with van der Waals surface area (Å²) in [5.74, 6) is -0.795. The second-order valence-corrected chi connectivity index (χ2v) is 12.0. The minimum absolute atomic E-state index is 0.00768. The monoisotopic (exact) mass is 569 g/mol. The Bertz CT molecular complexity index is 1390. The molecule has 3 aromatic carbocycles. The lowest BCUT2D eigenvalue weighted by Gasteiger charge is -2.32. The normalized spacial score (nSPS) is 12.9. The minimum Gasteiger partial charge on any atom is -0.352 e. The van der Waals surface area contributed by atoms with Crippen LogP contribution in [-0.2, 0) is 26.2 Å². The van der Waals surface area contributed by atoms with E-state index in [0.717, 1.165) is 27.4 Å². The van der Waals surface area contributed by atoms with Crippen molar-refractivity contribution in [2.75, 3.05) is 10.8 Å². The average Bonchev–Trinajstić information content (AvgIpc) is 2.91. The first-order valence-corrected chi connectivity index (χ1v) is 14.7. The van der Waals surface area contributed by atoms with Crippen molar-refractivity contribution in [2.45, 2.75) is 64.6 Å². The number of carbonyl (C=O) groups excluding carboxylic acids is 2. The molecule has 208 valence electrons. The van der Waals surface area contributed by atoms with Gasteiger partial charge < -0.3 is 10.2 Å². The molecule has 0 radical (unpaired) electrons. The SMILES string of the molecule is CC[C@H](C)NC(=O)[C@H](C)N(Cc1ccccc1C)C(=O)CN(c1ccc(C)cc1)S(=O)(=O)c1ccc(Cl)cc1. The standard InChI is InChI=1S/C30H36ClN3O4S/c1-6-23(4)32-30(36)24(5)33(19-25-10-8-7-9-22(25)3)29(35)20-34(27-15-11-21(2)12-16-27)39(37,38)28-17-13-26(31)14-18-28/h7-18,23-24H,6,19-20H2,1-5H3,(H,32,36)/t23-,24-/m0/s1. The number of halogens is 1. The highest BCUT2D eigenvalue weighted by molar-refractivity contribution is 7.92. The molecular weight excluding hydrogens is 534 g/mol. The molecule has 0 aliphatic heterocycles. The van der Waals surface area contributed by atoms with Crippen LogP contribution in [0.15, 0.2) is 77.7 Å². The van der Waals surface area contributed by atoms with Gasteiger partial charge in [-0.05, 0) is 81.6 Å². The molecule has 0 saturated heterocycles. The molecule has 0 unspecified atom stereocenters. The minimum atomic E-state index is -4.14. The Kier molecular flexibility index (Phi) is 10.2. The van der Waals surface area contributed by atoms with Crippen LogP contribution in [0, 0.1) is 13.8 Å². The third-order valence-corrected chi connectivity index (χ3v) is 8.81. The second kappa shape index (κ2) is 13.1. The number of amides is 2. The van der Waals surface area contributed by atoms with Crippen molar-refractivity contribution >= 4 is 39.1 Å². The molecule has 0 aliphatic rings. The lowest BCUT2D eigenvalue weighted by molar-refractivity contribution is -0.139. The highest BCUT2D eigenvalue weighted by atomic mass is 35.5. The van der Waals surface area contributed by atoms with E-state index in [-0.39, 0.29) is 23.4 Å². The number of hydrogen-bond acceptors (Lipinski definition) is 4. The number of carbonyl (C=O) groups is 2. The summed E-state index contributed by atoms with van der Waals surface area (Å²) >= 11 is 6.00. The summed E-state index contributed by atoms with van der Waals surface area (Å²) in [7, 11) is -4.14. The van der Waals surface area contributed by atoms with E-state index in [1.165, 1.54) is 29.2 Å². The molecule has 0 saturated carbocycles. The fraction of sp³-hybridized carbons (Fsp3) is 0.333. The van der Waals surface area contributed by atoms with Gasteiger partial charge in [-0.25, -0.2) is 8.42 Å². The van der Waals surface area contributed by atoms with Crippen LogP contribution in [-0.4, -0.2) is 43.8 Å². The van der Waals surface area contributed by atoms with Crippen molar-refractivity contribution in [2.24, 2.45) is 0 Å². The molecule has 0 fully saturated rings. The molecule has 3 rings (SSSR count). The fourth-order valence-corrected chi connectivity index (χ4v) is 5.53. The summed E-state index contributed by atoms with van der Waals surface area (Å²) in [5, 5.41) is 3.34. The molecule has 0 aromatic heterocycles. The van der Waals surface area contributed by atoms with Crippen molar-refractivity contribution in [3.05, 3.63) is 94.5 Å². The molecule has 9 heteroatoms. The average molecular weight is 570 g/mol. The first-order chi connectivity index (χ1) is 18.4. The van der Waals surface area contributed by atoms with E-state index >= 15 is 0 Å². The summed E-state index contributed by atoms with van der Waals surface area (Å²) in [6.45, 7) is 9.03. The number of hydrogen-bond donors (Lipinski definition) is 1. The lowest BCUT2D eigenvalue weighted by Crippen LogP contribution is -2.52. The Hall–Kier alpha value is -3.36. The molecule has 2 atom stereocenters. The third-order valence-electron chi connectivity index (χ3n) is 6.77.